The Morgan fingerprint density at radius 3 is 2.79 bits per heavy atom. The molecule has 0 unspecified atom stereocenters. The SMILES string of the molecule is Cc1ccc(C)c(OCc2ccc(C(=O)Nc3nc4ccccc4n3C)o2)c1. The monoisotopic (exact) mass is 375 g/mol. The van der Waals surface area contributed by atoms with Gasteiger partial charge in [0.05, 0.1) is 11.0 Å². The molecule has 6 nitrogen and oxygen atoms in total. The van der Waals surface area contributed by atoms with Crippen LogP contribution in [-0.2, 0) is 13.7 Å². The number of furan rings is 1. The number of nitrogens with zero attached hydrogens (tertiary/aromatic N) is 2. The van der Waals surface area contributed by atoms with E-state index < -0.39 is 0 Å². The Bertz CT molecular complexity index is 1160. The molecular formula is C22H21N3O3. The molecule has 4 rings (SSSR count). The fraction of sp³-hybridized carbons (Fsp3) is 0.182. The Kier molecular flexibility index (Phi) is 4.61. The van der Waals surface area contributed by atoms with Gasteiger partial charge in [-0.15, -0.1) is 0 Å². The number of para-hydroxylation sites is 2. The maximum absolute atomic E-state index is 12.5. The summed E-state index contributed by atoms with van der Waals surface area (Å²) in [6, 6.07) is 17.1. The minimum atomic E-state index is -0.351. The van der Waals surface area contributed by atoms with Gasteiger partial charge >= 0.3 is 0 Å². The predicted octanol–water partition coefficient (Wildman–Crippen LogP) is 4.61. The van der Waals surface area contributed by atoms with Gasteiger partial charge in [0, 0.05) is 7.05 Å². The molecule has 2 heterocycles. The number of fused-ring (bicyclic) bond motifs is 1. The van der Waals surface area contributed by atoms with Gasteiger partial charge in [0.25, 0.3) is 5.91 Å². The maximum Gasteiger partial charge on any atom is 0.293 e. The van der Waals surface area contributed by atoms with Gasteiger partial charge in [-0.05, 0) is 55.3 Å². The van der Waals surface area contributed by atoms with Gasteiger partial charge in [0.15, 0.2) is 5.76 Å². The number of rotatable bonds is 5. The van der Waals surface area contributed by atoms with E-state index >= 15 is 0 Å². The molecule has 0 saturated heterocycles. The molecule has 0 aliphatic rings. The van der Waals surface area contributed by atoms with Gasteiger partial charge in [-0.3, -0.25) is 10.1 Å². The number of imidazole rings is 1. The lowest BCUT2D eigenvalue weighted by atomic mass is 10.1. The molecule has 2 aromatic heterocycles. The number of nitrogens with one attached hydrogen (secondary N) is 1. The molecule has 0 aliphatic heterocycles. The highest BCUT2D eigenvalue weighted by Gasteiger charge is 2.15. The van der Waals surface area contributed by atoms with Crippen LogP contribution in [0.15, 0.2) is 59.0 Å². The van der Waals surface area contributed by atoms with Crippen molar-refractivity contribution in [3.63, 3.8) is 0 Å². The van der Waals surface area contributed by atoms with Crippen LogP contribution in [0, 0.1) is 13.8 Å². The summed E-state index contributed by atoms with van der Waals surface area (Å²) in [4.78, 5) is 17.0. The topological polar surface area (TPSA) is 69.3 Å². The average Bonchev–Trinajstić information content (AvgIpc) is 3.28. The molecule has 1 amide bonds. The molecule has 0 aliphatic carbocycles. The molecule has 0 saturated carbocycles. The Balaban J connectivity index is 1.45. The molecule has 6 heteroatoms. The second kappa shape index (κ2) is 7.23. The number of hydrogen-bond acceptors (Lipinski definition) is 4. The quantitative estimate of drug-likeness (QED) is 0.553. The van der Waals surface area contributed by atoms with Crippen molar-refractivity contribution in [2.24, 2.45) is 7.05 Å². The molecule has 0 bridgehead atoms. The van der Waals surface area contributed by atoms with E-state index in [9.17, 15) is 4.79 Å². The summed E-state index contributed by atoms with van der Waals surface area (Å²) in [7, 11) is 1.86. The largest absolute Gasteiger partial charge is 0.485 e. The molecule has 0 radical (unpaired) electrons. The summed E-state index contributed by atoms with van der Waals surface area (Å²) < 4.78 is 13.3. The molecule has 142 valence electrons. The molecule has 1 N–H and O–H groups in total. The third kappa shape index (κ3) is 3.49. The van der Waals surface area contributed by atoms with Crippen molar-refractivity contribution < 1.29 is 13.9 Å². The summed E-state index contributed by atoms with van der Waals surface area (Å²) >= 11 is 0. The van der Waals surface area contributed by atoms with Gasteiger partial charge in [0.2, 0.25) is 5.95 Å². The number of aromatic nitrogens is 2. The number of benzene rings is 2. The molecule has 0 fully saturated rings. The number of anilines is 1. The Morgan fingerprint density at radius 1 is 1.14 bits per heavy atom. The first-order valence-corrected chi connectivity index (χ1v) is 9.03. The van der Waals surface area contributed by atoms with Crippen molar-refractivity contribution in [1.82, 2.24) is 9.55 Å². The van der Waals surface area contributed by atoms with Crippen LogP contribution in [0.3, 0.4) is 0 Å². The second-order valence-electron chi connectivity index (χ2n) is 6.76. The molecular weight excluding hydrogens is 354 g/mol. The van der Waals surface area contributed by atoms with Crippen molar-refractivity contribution >= 4 is 22.9 Å². The number of hydrogen-bond donors (Lipinski definition) is 1. The lowest BCUT2D eigenvalue weighted by Crippen LogP contribution is -2.14. The first-order valence-electron chi connectivity index (χ1n) is 9.03. The second-order valence-corrected chi connectivity index (χ2v) is 6.76. The smallest absolute Gasteiger partial charge is 0.293 e. The normalized spacial score (nSPS) is 11.0. The number of aryl methyl sites for hydroxylation is 3. The van der Waals surface area contributed by atoms with Crippen LogP contribution >= 0.6 is 0 Å². The Morgan fingerprint density at radius 2 is 1.96 bits per heavy atom. The number of carbonyl (C=O) groups excluding carboxylic acids is 1. The number of ether oxygens (including phenoxy) is 1. The van der Waals surface area contributed by atoms with Crippen LogP contribution in [0.25, 0.3) is 11.0 Å². The zero-order valence-electron chi connectivity index (χ0n) is 16.0. The predicted molar refractivity (Wildman–Crippen MR) is 108 cm³/mol. The van der Waals surface area contributed by atoms with Crippen LogP contribution in [-0.4, -0.2) is 15.5 Å². The fourth-order valence-electron chi connectivity index (χ4n) is 3.01. The summed E-state index contributed by atoms with van der Waals surface area (Å²) in [5.74, 6) is 1.72. The minimum absolute atomic E-state index is 0.214. The van der Waals surface area contributed by atoms with E-state index in [1.807, 2.05) is 67.9 Å². The third-order valence-corrected chi connectivity index (χ3v) is 4.61. The van der Waals surface area contributed by atoms with Crippen LogP contribution in [0.2, 0.25) is 0 Å². The van der Waals surface area contributed by atoms with Crippen molar-refractivity contribution in [2.45, 2.75) is 20.5 Å². The average molecular weight is 375 g/mol. The van der Waals surface area contributed by atoms with E-state index in [1.165, 1.54) is 0 Å². The summed E-state index contributed by atoms with van der Waals surface area (Å²) in [6.45, 7) is 4.26. The zero-order valence-corrected chi connectivity index (χ0v) is 16.0. The van der Waals surface area contributed by atoms with E-state index in [0.29, 0.717) is 11.7 Å². The standard InChI is InChI=1S/C22H21N3O3/c1-14-8-9-15(2)20(12-14)27-13-16-10-11-19(28-16)21(26)24-22-23-17-6-4-5-7-18(17)25(22)3/h4-12H,13H2,1-3H3,(H,23,24,26). The van der Waals surface area contributed by atoms with E-state index in [1.54, 1.807) is 12.1 Å². The van der Waals surface area contributed by atoms with E-state index in [2.05, 4.69) is 10.3 Å². The molecule has 2 aromatic carbocycles. The molecule has 0 atom stereocenters. The van der Waals surface area contributed by atoms with Gasteiger partial charge in [-0.1, -0.05) is 24.3 Å². The van der Waals surface area contributed by atoms with Crippen LogP contribution < -0.4 is 10.1 Å². The number of carbonyl (C=O) groups is 1. The van der Waals surface area contributed by atoms with Crippen molar-refractivity contribution in [3.05, 3.63) is 77.2 Å². The summed E-state index contributed by atoms with van der Waals surface area (Å²) in [5.41, 5.74) is 3.95. The Labute approximate surface area is 162 Å². The van der Waals surface area contributed by atoms with E-state index in [0.717, 1.165) is 27.9 Å². The van der Waals surface area contributed by atoms with Crippen molar-refractivity contribution in [1.29, 1.82) is 0 Å². The van der Waals surface area contributed by atoms with Gasteiger partial charge in [-0.2, -0.15) is 0 Å². The lowest BCUT2D eigenvalue weighted by molar-refractivity contribution is 0.0991. The van der Waals surface area contributed by atoms with Gasteiger partial charge < -0.3 is 13.7 Å². The number of amides is 1. The van der Waals surface area contributed by atoms with Crippen molar-refractivity contribution in [3.8, 4) is 5.75 Å². The first kappa shape index (κ1) is 17.9. The van der Waals surface area contributed by atoms with Crippen LogP contribution in [0.5, 0.6) is 5.75 Å². The minimum Gasteiger partial charge on any atom is -0.485 e. The van der Waals surface area contributed by atoms with E-state index in [-0.39, 0.29) is 18.3 Å². The fourth-order valence-corrected chi connectivity index (χ4v) is 3.01. The Hall–Kier alpha value is -3.54. The maximum atomic E-state index is 12.5. The zero-order chi connectivity index (χ0) is 19.7. The van der Waals surface area contributed by atoms with Crippen LogP contribution in [0.4, 0.5) is 5.95 Å². The highest BCUT2D eigenvalue weighted by atomic mass is 16.5. The van der Waals surface area contributed by atoms with Crippen molar-refractivity contribution in [2.75, 3.05) is 5.32 Å². The molecule has 0 spiro atoms. The third-order valence-electron chi connectivity index (χ3n) is 4.61. The molecule has 28 heavy (non-hydrogen) atoms. The lowest BCUT2D eigenvalue weighted by Gasteiger charge is -2.08. The first-order chi connectivity index (χ1) is 13.5. The highest BCUT2D eigenvalue weighted by molar-refractivity contribution is 6.02. The molecule has 4 aromatic rings. The summed E-state index contributed by atoms with van der Waals surface area (Å²) in [6.07, 6.45) is 0. The van der Waals surface area contributed by atoms with Gasteiger partial charge in [-0.25, -0.2) is 4.98 Å². The van der Waals surface area contributed by atoms with Gasteiger partial charge in [0.1, 0.15) is 18.1 Å². The highest BCUT2D eigenvalue weighted by Crippen LogP contribution is 2.22. The van der Waals surface area contributed by atoms with E-state index in [4.69, 9.17) is 9.15 Å². The summed E-state index contributed by atoms with van der Waals surface area (Å²) in [5, 5.41) is 2.80. The van der Waals surface area contributed by atoms with Crippen LogP contribution in [0.1, 0.15) is 27.4 Å².